The minimum Gasteiger partial charge on any atom is -0.466 e. The van der Waals surface area contributed by atoms with Gasteiger partial charge in [0.25, 0.3) is 0 Å². The van der Waals surface area contributed by atoms with Crippen molar-refractivity contribution in [3.63, 3.8) is 0 Å². The molecule has 0 saturated heterocycles. The Kier molecular flexibility index (Phi) is 4.50. The molecule has 17 heavy (non-hydrogen) atoms. The summed E-state index contributed by atoms with van der Waals surface area (Å²) < 4.78 is 30.1. The van der Waals surface area contributed by atoms with Crippen molar-refractivity contribution >= 4 is 21.8 Å². The smallest absolute Gasteiger partial charge is 0.306 e. The summed E-state index contributed by atoms with van der Waals surface area (Å²) in [6.07, 6.45) is 1.33. The van der Waals surface area contributed by atoms with Gasteiger partial charge in [0.05, 0.1) is 25.0 Å². The first kappa shape index (κ1) is 13.5. The van der Waals surface area contributed by atoms with Crippen LogP contribution in [0.25, 0.3) is 0 Å². The third-order valence-electron chi connectivity index (χ3n) is 1.97. The van der Waals surface area contributed by atoms with E-state index in [1.807, 2.05) is 0 Å². The van der Waals surface area contributed by atoms with E-state index < -0.39 is 16.0 Å². The van der Waals surface area contributed by atoms with E-state index in [2.05, 4.69) is 19.7 Å². The second-order valence-electron chi connectivity index (χ2n) is 3.40. The van der Waals surface area contributed by atoms with Crippen molar-refractivity contribution in [3.8, 4) is 0 Å². The third-order valence-corrected chi connectivity index (χ3v) is 3.22. The minimum atomic E-state index is -3.56. The molecule has 1 aromatic heterocycles. The summed E-state index contributed by atoms with van der Waals surface area (Å²) in [5.41, 5.74) is 0.685. The highest BCUT2D eigenvalue weighted by Crippen LogP contribution is 2.11. The summed E-state index contributed by atoms with van der Waals surface area (Å²) in [6.45, 7) is 3.62. The first-order chi connectivity index (χ1) is 7.94. The second kappa shape index (κ2) is 5.67. The fourth-order valence-corrected chi connectivity index (χ4v) is 2.16. The van der Waals surface area contributed by atoms with Gasteiger partial charge < -0.3 is 4.74 Å². The lowest BCUT2D eigenvalue weighted by Gasteiger charge is -2.06. The Hall–Kier alpha value is -1.57. The van der Waals surface area contributed by atoms with Crippen molar-refractivity contribution in [2.75, 3.05) is 17.1 Å². The van der Waals surface area contributed by atoms with Crippen LogP contribution in [-0.2, 0) is 19.6 Å². The van der Waals surface area contributed by atoms with Gasteiger partial charge in [-0.25, -0.2) is 8.42 Å². The quantitative estimate of drug-likeness (QED) is 0.722. The van der Waals surface area contributed by atoms with E-state index >= 15 is 0 Å². The monoisotopic (exact) mass is 261 g/mol. The Bertz CT molecular complexity index is 480. The molecule has 8 heteroatoms. The molecule has 0 radical (unpaired) electrons. The maximum Gasteiger partial charge on any atom is 0.306 e. The predicted molar refractivity (Wildman–Crippen MR) is 62.0 cm³/mol. The average Bonchev–Trinajstić information content (AvgIpc) is 2.62. The Labute approximate surface area is 99.6 Å². The molecule has 0 fully saturated rings. The van der Waals surface area contributed by atoms with Crippen molar-refractivity contribution in [3.05, 3.63) is 11.8 Å². The molecule has 0 atom stereocenters. The summed E-state index contributed by atoms with van der Waals surface area (Å²) in [4.78, 5) is 11.0. The van der Waals surface area contributed by atoms with Crippen molar-refractivity contribution in [1.82, 2.24) is 10.2 Å². The lowest BCUT2D eigenvalue weighted by atomic mass is 10.4. The molecule has 0 unspecified atom stereocenters. The molecule has 7 nitrogen and oxygen atoms in total. The van der Waals surface area contributed by atoms with E-state index in [1.165, 1.54) is 6.20 Å². The number of hydrogen-bond acceptors (Lipinski definition) is 5. The number of aromatic nitrogens is 2. The maximum atomic E-state index is 11.6. The molecule has 0 bridgehead atoms. The molecule has 0 saturated carbocycles. The molecule has 0 aliphatic heterocycles. The Morgan fingerprint density at radius 2 is 2.29 bits per heavy atom. The first-order valence-corrected chi connectivity index (χ1v) is 6.76. The van der Waals surface area contributed by atoms with Crippen LogP contribution >= 0.6 is 0 Å². The summed E-state index contributed by atoms with van der Waals surface area (Å²) in [5, 5.41) is 6.20. The van der Waals surface area contributed by atoms with E-state index in [0.29, 0.717) is 11.4 Å². The van der Waals surface area contributed by atoms with Crippen LogP contribution in [0.2, 0.25) is 0 Å². The number of nitrogens with one attached hydrogen (secondary N) is 2. The molecule has 0 aliphatic carbocycles. The van der Waals surface area contributed by atoms with Crippen LogP contribution in [0.4, 0.5) is 5.82 Å². The van der Waals surface area contributed by atoms with Gasteiger partial charge in [0.15, 0.2) is 0 Å². The lowest BCUT2D eigenvalue weighted by molar-refractivity contribution is -0.142. The van der Waals surface area contributed by atoms with Gasteiger partial charge in [-0.05, 0) is 13.8 Å². The number of aryl methyl sites for hydroxylation is 1. The SMILES string of the molecule is CCOC(=O)CCS(=O)(=O)Nc1[nH]ncc1C. The van der Waals surface area contributed by atoms with Gasteiger partial charge in [0, 0.05) is 5.56 Å². The summed E-state index contributed by atoms with van der Waals surface area (Å²) in [6, 6.07) is 0. The van der Waals surface area contributed by atoms with Crippen LogP contribution in [0, 0.1) is 6.92 Å². The van der Waals surface area contributed by atoms with Crippen LogP contribution in [0.15, 0.2) is 6.20 Å². The van der Waals surface area contributed by atoms with Crippen LogP contribution in [-0.4, -0.2) is 36.9 Å². The highest BCUT2D eigenvalue weighted by Gasteiger charge is 2.15. The Morgan fingerprint density at radius 1 is 1.59 bits per heavy atom. The number of aromatic amines is 1. The van der Waals surface area contributed by atoms with E-state index in [0.717, 1.165) is 0 Å². The number of hydrogen-bond donors (Lipinski definition) is 2. The topological polar surface area (TPSA) is 101 Å². The standard InChI is InChI=1S/C9H15N3O4S/c1-3-16-8(13)4-5-17(14,15)12-9-7(2)6-10-11-9/h6H,3-5H2,1-2H3,(H2,10,11,12). The number of nitrogens with zero attached hydrogens (tertiary/aromatic N) is 1. The second-order valence-corrected chi connectivity index (χ2v) is 5.25. The number of sulfonamides is 1. The molecule has 2 N–H and O–H groups in total. The fraction of sp³-hybridized carbons (Fsp3) is 0.556. The zero-order valence-corrected chi connectivity index (χ0v) is 10.5. The van der Waals surface area contributed by atoms with E-state index in [9.17, 15) is 13.2 Å². The van der Waals surface area contributed by atoms with Crippen LogP contribution < -0.4 is 4.72 Å². The van der Waals surface area contributed by atoms with Crippen molar-refractivity contribution in [1.29, 1.82) is 0 Å². The van der Waals surface area contributed by atoms with Crippen LogP contribution in [0.3, 0.4) is 0 Å². The molecular formula is C9H15N3O4S. The molecule has 96 valence electrons. The molecular weight excluding hydrogens is 246 g/mol. The number of ether oxygens (including phenoxy) is 1. The first-order valence-electron chi connectivity index (χ1n) is 5.10. The third kappa shape index (κ3) is 4.43. The number of anilines is 1. The van der Waals surface area contributed by atoms with Gasteiger partial charge in [-0.15, -0.1) is 0 Å². The van der Waals surface area contributed by atoms with Crippen molar-refractivity contribution in [2.24, 2.45) is 0 Å². The van der Waals surface area contributed by atoms with E-state index in [-0.39, 0.29) is 18.8 Å². The summed E-state index contributed by atoms with van der Waals surface area (Å²) >= 11 is 0. The van der Waals surface area contributed by atoms with Crippen molar-refractivity contribution < 1.29 is 17.9 Å². The van der Waals surface area contributed by atoms with Gasteiger partial charge in [-0.2, -0.15) is 5.10 Å². The summed E-state index contributed by atoms with van der Waals surface area (Å²) in [7, 11) is -3.56. The van der Waals surface area contributed by atoms with E-state index in [4.69, 9.17) is 0 Å². The normalized spacial score (nSPS) is 11.2. The van der Waals surface area contributed by atoms with Gasteiger partial charge in [0.2, 0.25) is 10.0 Å². The number of carbonyl (C=O) groups excluding carboxylic acids is 1. The Balaban J connectivity index is 2.53. The molecule has 0 spiro atoms. The molecule has 0 aromatic carbocycles. The van der Waals surface area contributed by atoms with Crippen molar-refractivity contribution in [2.45, 2.75) is 20.3 Å². The number of esters is 1. The molecule has 0 aliphatic rings. The van der Waals surface area contributed by atoms with Gasteiger partial charge >= 0.3 is 5.97 Å². The van der Waals surface area contributed by atoms with Gasteiger partial charge in [-0.3, -0.25) is 14.6 Å². The zero-order chi connectivity index (χ0) is 12.9. The van der Waals surface area contributed by atoms with Crippen LogP contribution in [0.1, 0.15) is 18.9 Å². The largest absolute Gasteiger partial charge is 0.466 e. The molecule has 0 amide bonds. The number of rotatable bonds is 6. The lowest BCUT2D eigenvalue weighted by Crippen LogP contribution is -2.20. The predicted octanol–water partition coefficient (Wildman–Crippen LogP) is 0.413. The highest BCUT2D eigenvalue weighted by atomic mass is 32.2. The van der Waals surface area contributed by atoms with Gasteiger partial charge in [-0.1, -0.05) is 0 Å². The minimum absolute atomic E-state index is 0.170. The zero-order valence-electron chi connectivity index (χ0n) is 9.69. The fourth-order valence-electron chi connectivity index (χ4n) is 1.11. The summed E-state index contributed by atoms with van der Waals surface area (Å²) in [5.74, 6) is -0.530. The molecule has 1 heterocycles. The van der Waals surface area contributed by atoms with Crippen LogP contribution in [0.5, 0.6) is 0 Å². The van der Waals surface area contributed by atoms with E-state index in [1.54, 1.807) is 13.8 Å². The van der Waals surface area contributed by atoms with Gasteiger partial charge in [0.1, 0.15) is 5.82 Å². The highest BCUT2D eigenvalue weighted by molar-refractivity contribution is 7.92. The number of H-pyrrole nitrogens is 1. The molecule has 1 rings (SSSR count). The maximum absolute atomic E-state index is 11.6. The molecule has 1 aromatic rings. The average molecular weight is 261 g/mol. The number of carbonyl (C=O) groups is 1. The Morgan fingerprint density at radius 3 is 2.82 bits per heavy atom.